The summed E-state index contributed by atoms with van der Waals surface area (Å²) in [7, 11) is -2.17. The molecule has 156 valence electrons. The lowest BCUT2D eigenvalue weighted by Crippen LogP contribution is -2.41. The number of hydrogen-bond acceptors (Lipinski definition) is 5. The molecule has 2 aromatic rings. The number of nitrogens with one attached hydrogen (secondary N) is 1. The minimum Gasteiger partial charge on any atom is -0.497 e. The summed E-state index contributed by atoms with van der Waals surface area (Å²) in [6.45, 7) is 2.53. The summed E-state index contributed by atoms with van der Waals surface area (Å²) in [5.41, 5.74) is 0.973. The van der Waals surface area contributed by atoms with Crippen molar-refractivity contribution in [3.63, 3.8) is 0 Å². The quantitative estimate of drug-likeness (QED) is 0.641. The molecule has 1 saturated carbocycles. The van der Waals surface area contributed by atoms with Crippen LogP contribution in [0, 0.1) is 0 Å². The van der Waals surface area contributed by atoms with Gasteiger partial charge < -0.3 is 14.4 Å². The van der Waals surface area contributed by atoms with Gasteiger partial charge >= 0.3 is 0 Å². The summed E-state index contributed by atoms with van der Waals surface area (Å²) in [6, 6.07) is 13.8. The van der Waals surface area contributed by atoms with Crippen molar-refractivity contribution in [3.8, 4) is 11.5 Å². The van der Waals surface area contributed by atoms with Crippen molar-refractivity contribution in [3.05, 3.63) is 54.1 Å². The molecule has 1 fully saturated rings. The molecule has 29 heavy (non-hydrogen) atoms. The third-order valence-electron chi connectivity index (χ3n) is 4.68. The smallest absolute Gasteiger partial charge is 0.241 e. The zero-order valence-electron chi connectivity index (χ0n) is 16.6. The van der Waals surface area contributed by atoms with Crippen LogP contribution in [0.15, 0.2) is 53.4 Å². The van der Waals surface area contributed by atoms with E-state index in [0.29, 0.717) is 18.9 Å². The van der Waals surface area contributed by atoms with Gasteiger partial charge in [-0.2, -0.15) is 0 Å². The summed E-state index contributed by atoms with van der Waals surface area (Å²) in [6.07, 6.45) is 1.88. The fraction of sp³-hybridized carbons (Fsp3) is 0.381. The van der Waals surface area contributed by atoms with Gasteiger partial charge in [-0.05, 0) is 61.7 Å². The molecule has 0 radical (unpaired) electrons. The lowest BCUT2D eigenvalue weighted by molar-refractivity contribution is -0.131. The standard InChI is InChI=1S/C21H26N2O5S/c1-3-28-19-10-12-20(13-11-19)29(25,26)22-14-21(24)23(17-6-7-17)15-16-4-8-18(27-2)9-5-16/h4-5,8-13,17,22H,3,6-7,14-15H2,1-2H3. The first-order valence-electron chi connectivity index (χ1n) is 9.58. The minimum absolute atomic E-state index is 0.0990. The zero-order valence-corrected chi connectivity index (χ0v) is 17.4. The highest BCUT2D eigenvalue weighted by molar-refractivity contribution is 7.89. The second-order valence-electron chi connectivity index (χ2n) is 6.83. The van der Waals surface area contributed by atoms with Crippen LogP contribution in [-0.2, 0) is 21.4 Å². The second kappa shape index (κ2) is 9.28. The van der Waals surface area contributed by atoms with Crippen LogP contribution in [-0.4, -0.2) is 45.5 Å². The molecule has 0 aliphatic heterocycles. The molecule has 3 rings (SSSR count). The average Bonchev–Trinajstić information content (AvgIpc) is 3.56. The summed E-state index contributed by atoms with van der Waals surface area (Å²) in [5, 5.41) is 0. The highest BCUT2D eigenvalue weighted by atomic mass is 32.2. The zero-order chi connectivity index (χ0) is 20.9. The van der Waals surface area contributed by atoms with E-state index in [1.807, 2.05) is 31.2 Å². The molecule has 8 heteroatoms. The van der Waals surface area contributed by atoms with Gasteiger partial charge in [0.1, 0.15) is 11.5 Å². The first kappa shape index (κ1) is 21.1. The Labute approximate surface area is 171 Å². The van der Waals surface area contributed by atoms with Gasteiger partial charge in [0.15, 0.2) is 0 Å². The van der Waals surface area contributed by atoms with Crippen LogP contribution in [0.4, 0.5) is 0 Å². The van der Waals surface area contributed by atoms with Crippen molar-refractivity contribution < 1.29 is 22.7 Å². The molecular formula is C21H26N2O5S. The lowest BCUT2D eigenvalue weighted by atomic mass is 10.2. The van der Waals surface area contributed by atoms with Crippen molar-refractivity contribution in [2.45, 2.75) is 37.2 Å². The first-order valence-corrected chi connectivity index (χ1v) is 11.1. The normalized spacial score (nSPS) is 13.7. The Bertz CT molecular complexity index is 923. The van der Waals surface area contributed by atoms with Crippen LogP contribution in [0.2, 0.25) is 0 Å². The van der Waals surface area contributed by atoms with Gasteiger partial charge in [-0.3, -0.25) is 4.79 Å². The Hall–Kier alpha value is -2.58. The van der Waals surface area contributed by atoms with Crippen molar-refractivity contribution in [1.29, 1.82) is 0 Å². The Morgan fingerprint density at radius 1 is 1.07 bits per heavy atom. The van der Waals surface area contributed by atoms with Crippen molar-refractivity contribution >= 4 is 15.9 Å². The molecular weight excluding hydrogens is 392 g/mol. The van der Waals surface area contributed by atoms with E-state index in [4.69, 9.17) is 9.47 Å². The van der Waals surface area contributed by atoms with Gasteiger partial charge in [-0.1, -0.05) is 12.1 Å². The van der Waals surface area contributed by atoms with Gasteiger partial charge in [0.25, 0.3) is 0 Å². The van der Waals surface area contributed by atoms with Gasteiger partial charge in [0.2, 0.25) is 15.9 Å². The van der Waals surface area contributed by atoms with Crippen LogP contribution in [0.25, 0.3) is 0 Å². The molecule has 0 spiro atoms. The molecule has 1 aliphatic rings. The third-order valence-corrected chi connectivity index (χ3v) is 6.10. The molecule has 0 aromatic heterocycles. The van der Waals surface area contributed by atoms with E-state index >= 15 is 0 Å². The Morgan fingerprint density at radius 2 is 1.69 bits per heavy atom. The molecule has 1 N–H and O–H groups in total. The number of sulfonamides is 1. The molecule has 0 atom stereocenters. The first-order chi connectivity index (χ1) is 13.9. The molecule has 1 aliphatic carbocycles. The SMILES string of the molecule is CCOc1ccc(S(=O)(=O)NCC(=O)N(Cc2ccc(OC)cc2)C2CC2)cc1. The van der Waals surface area contributed by atoms with Crippen LogP contribution >= 0.6 is 0 Å². The van der Waals surface area contributed by atoms with E-state index in [9.17, 15) is 13.2 Å². The Balaban J connectivity index is 1.62. The Morgan fingerprint density at radius 3 is 2.24 bits per heavy atom. The number of methoxy groups -OCH3 is 1. The number of benzene rings is 2. The number of nitrogens with zero attached hydrogens (tertiary/aromatic N) is 1. The number of ether oxygens (including phenoxy) is 2. The van der Waals surface area contributed by atoms with E-state index in [0.717, 1.165) is 24.2 Å². The molecule has 7 nitrogen and oxygen atoms in total. The summed E-state index contributed by atoms with van der Waals surface area (Å²) in [5.74, 6) is 1.11. The molecule has 0 heterocycles. The maximum Gasteiger partial charge on any atom is 0.241 e. The summed E-state index contributed by atoms with van der Waals surface area (Å²) in [4.78, 5) is 14.6. The number of carbonyl (C=O) groups excluding carboxylic acids is 1. The van der Waals surface area contributed by atoms with Crippen molar-refractivity contribution in [2.24, 2.45) is 0 Å². The fourth-order valence-electron chi connectivity index (χ4n) is 2.96. The highest BCUT2D eigenvalue weighted by Crippen LogP contribution is 2.28. The fourth-order valence-corrected chi connectivity index (χ4v) is 3.93. The average molecular weight is 419 g/mol. The third kappa shape index (κ3) is 5.71. The molecule has 2 aromatic carbocycles. The van der Waals surface area contributed by atoms with E-state index in [1.54, 1.807) is 24.1 Å². The van der Waals surface area contributed by atoms with E-state index in [1.165, 1.54) is 12.1 Å². The highest BCUT2D eigenvalue weighted by Gasteiger charge is 2.33. The predicted octanol–water partition coefficient (Wildman–Crippen LogP) is 2.56. The number of amides is 1. The van der Waals surface area contributed by atoms with Crippen molar-refractivity contribution in [1.82, 2.24) is 9.62 Å². The van der Waals surface area contributed by atoms with Gasteiger partial charge in [-0.25, -0.2) is 13.1 Å². The van der Waals surface area contributed by atoms with Crippen molar-refractivity contribution in [2.75, 3.05) is 20.3 Å². The van der Waals surface area contributed by atoms with E-state index in [2.05, 4.69) is 4.72 Å². The monoisotopic (exact) mass is 418 g/mol. The van der Waals surface area contributed by atoms with Crippen LogP contribution in [0.3, 0.4) is 0 Å². The van der Waals surface area contributed by atoms with E-state index < -0.39 is 10.0 Å². The number of hydrogen-bond donors (Lipinski definition) is 1. The predicted molar refractivity (Wildman–Crippen MR) is 109 cm³/mol. The van der Waals surface area contributed by atoms with Gasteiger partial charge in [-0.15, -0.1) is 0 Å². The van der Waals surface area contributed by atoms with Crippen LogP contribution in [0.5, 0.6) is 11.5 Å². The molecule has 0 saturated heterocycles. The molecule has 0 bridgehead atoms. The number of rotatable bonds is 10. The lowest BCUT2D eigenvalue weighted by Gasteiger charge is -2.23. The van der Waals surface area contributed by atoms with Crippen LogP contribution in [0.1, 0.15) is 25.3 Å². The number of carbonyl (C=O) groups is 1. The summed E-state index contributed by atoms with van der Waals surface area (Å²) < 4.78 is 37.9. The van der Waals surface area contributed by atoms with Gasteiger partial charge in [0.05, 0.1) is 25.2 Å². The molecule has 0 unspecified atom stereocenters. The topological polar surface area (TPSA) is 84.9 Å². The van der Waals surface area contributed by atoms with E-state index in [-0.39, 0.29) is 23.4 Å². The Kier molecular flexibility index (Phi) is 6.76. The minimum atomic E-state index is -3.78. The molecule has 1 amide bonds. The second-order valence-corrected chi connectivity index (χ2v) is 8.60. The maximum absolute atomic E-state index is 12.7. The maximum atomic E-state index is 12.7. The summed E-state index contributed by atoms with van der Waals surface area (Å²) >= 11 is 0. The van der Waals surface area contributed by atoms with Crippen LogP contribution < -0.4 is 14.2 Å². The largest absolute Gasteiger partial charge is 0.497 e. The van der Waals surface area contributed by atoms with Gasteiger partial charge in [0, 0.05) is 12.6 Å².